The summed E-state index contributed by atoms with van der Waals surface area (Å²) in [5.41, 5.74) is 8.08. The standard InChI is InChI=1S/C28H35FN4O4/c1-28(2)17-23(19-7-10-24(36-3)25(16-19)37-4)31-33(27(28)35)21-11-13-32(14-12-21)26(34)22(30)15-18-5-8-20(29)9-6-18/h5-10,16,21-22H,11-15,17,30H2,1-4H3/t22-/m1/s1. The molecule has 0 aromatic heterocycles. The maximum atomic E-state index is 13.3. The normalized spacial score (nSPS) is 18.9. The van der Waals surface area contributed by atoms with E-state index in [4.69, 9.17) is 20.3 Å². The Hall–Kier alpha value is -3.46. The molecule has 37 heavy (non-hydrogen) atoms. The lowest BCUT2D eigenvalue weighted by Gasteiger charge is -2.42. The van der Waals surface area contributed by atoms with E-state index in [1.807, 2.05) is 32.0 Å². The largest absolute Gasteiger partial charge is 0.493 e. The molecule has 2 amide bonds. The summed E-state index contributed by atoms with van der Waals surface area (Å²) in [6.07, 6.45) is 2.07. The van der Waals surface area contributed by atoms with Crippen molar-refractivity contribution in [2.24, 2.45) is 16.3 Å². The SMILES string of the molecule is COc1ccc(C2=NN(C3CCN(C(=O)[C@H](N)Cc4ccc(F)cc4)CC3)C(=O)C(C)(C)C2)cc1OC. The third-order valence-electron chi connectivity index (χ3n) is 7.15. The van der Waals surface area contributed by atoms with Gasteiger partial charge >= 0.3 is 0 Å². The summed E-state index contributed by atoms with van der Waals surface area (Å²) in [6, 6.07) is 10.9. The molecule has 0 saturated carbocycles. The Morgan fingerprint density at radius 1 is 1.11 bits per heavy atom. The molecule has 0 unspecified atom stereocenters. The van der Waals surface area contributed by atoms with Crippen molar-refractivity contribution in [1.29, 1.82) is 0 Å². The monoisotopic (exact) mass is 510 g/mol. The van der Waals surface area contributed by atoms with Gasteiger partial charge in [0.05, 0.1) is 37.4 Å². The van der Waals surface area contributed by atoms with Crippen molar-refractivity contribution in [2.45, 2.75) is 51.6 Å². The zero-order chi connectivity index (χ0) is 26.7. The van der Waals surface area contributed by atoms with E-state index in [-0.39, 0.29) is 23.7 Å². The average molecular weight is 511 g/mol. The molecule has 1 saturated heterocycles. The Bertz CT molecular complexity index is 1170. The van der Waals surface area contributed by atoms with E-state index in [0.29, 0.717) is 50.3 Å². The van der Waals surface area contributed by atoms with Gasteiger partial charge in [0, 0.05) is 25.1 Å². The maximum Gasteiger partial charge on any atom is 0.248 e. The molecule has 2 aliphatic rings. The summed E-state index contributed by atoms with van der Waals surface area (Å²) in [6.45, 7) is 4.86. The van der Waals surface area contributed by atoms with Crippen molar-refractivity contribution in [3.8, 4) is 11.5 Å². The highest BCUT2D eigenvalue weighted by Gasteiger charge is 2.42. The van der Waals surface area contributed by atoms with E-state index >= 15 is 0 Å². The number of hydrazone groups is 1. The van der Waals surface area contributed by atoms with Gasteiger partial charge in [-0.25, -0.2) is 9.40 Å². The second-order valence-corrected chi connectivity index (χ2v) is 10.3. The van der Waals surface area contributed by atoms with Crippen LogP contribution in [0.5, 0.6) is 11.5 Å². The lowest BCUT2D eigenvalue weighted by Crippen LogP contribution is -2.54. The third kappa shape index (κ3) is 5.77. The first kappa shape index (κ1) is 26.6. The molecular weight excluding hydrogens is 475 g/mol. The number of likely N-dealkylation sites (tertiary alicyclic amines) is 1. The molecule has 9 heteroatoms. The van der Waals surface area contributed by atoms with Gasteiger partial charge in [-0.1, -0.05) is 26.0 Å². The second kappa shape index (κ2) is 10.9. The van der Waals surface area contributed by atoms with Gasteiger partial charge in [0.1, 0.15) is 5.82 Å². The zero-order valence-corrected chi connectivity index (χ0v) is 21.9. The molecule has 2 N–H and O–H groups in total. The highest BCUT2D eigenvalue weighted by atomic mass is 19.1. The summed E-state index contributed by atoms with van der Waals surface area (Å²) in [5, 5.41) is 6.42. The number of amides is 2. The maximum absolute atomic E-state index is 13.3. The minimum absolute atomic E-state index is 0.0190. The molecular formula is C28H35FN4O4. The molecule has 4 rings (SSSR count). The number of piperidine rings is 1. The first-order valence-corrected chi connectivity index (χ1v) is 12.6. The van der Waals surface area contributed by atoms with Crippen molar-refractivity contribution < 1.29 is 23.5 Å². The smallest absolute Gasteiger partial charge is 0.248 e. The molecule has 2 aromatic rings. The van der Waals surface area contributed by atoms with Gasteiger partial charge in [-0.3, -0.25) is 9.59 Å². The Morgan fingerprint density at radius 2 is 1.76 bits per heavy atom. The van der Waals surface area contributed by atoms with Crippen molar-refractivity contribution in [3.63, 3.8) is 0 Å². The number of nitrogens with two attached hydrogens (primary N) is 1. The number of benzene rings is 2. The summed E-state index contributed by atoms with van der Waals surface area (Å²) in [7, 11) is 3.18. The topological polar surface area (TPSA) is 97.5 Å². The van der Waals surface area contributed by atoms with Gasteiger partial charge in [0.2, 0.25) is 11.8 Å². The van der Waals surface area contributed by atoms with E-state index in [9.17, 15) is 14.0 Å². The van der Waals surface area contributed by atoms with Crippen LogP contribution in [0.1, 0.15) is 44.2 Å². The number of hydrogen-bond acceptors (Lipinski definition) is 6. The fourth-order valence-corrected chi connectivity index (χ4v) is 4.97. The van der Waals surface area contributed by atoms with E-state index in [0.717, 1.165) is 16.8 Å². The van der Waals surface area contributed by atoms with Gasteiger partial charge in [-0.05, 0) is 55.2 Å². The van der Waals surface area contributed by atoms with Crippen LogP contribution in [0.25, 0.3) is 0 Å². The van der Waals surface area contributed by atoms with Crippen LogP contribution in [0.2, 0.25) is 0 Å². The zero-order valence-electron chi connectivity index (χ0n) is 21.9. The molecule has 2 aromatic carbocycles. The molecule has 0 bridgehead atoms. The molecule has 198 valence electrons. The quantitative estimate of drug-likeness (QED) is 0.616. The van der Waals surface area contributed by atoms with E-state index < -0.39 is 11.5 Å². The van der Waals surface area contributed by atoms with Crippen LogP contribution in [0.4, 0.5) is 4.39 Å². The highest BCUT2D eigenvalue weighted by Crippen LogP contribution is 2.36. The minimum Gasteiger partial charge on any atom is -0.493 e. The fourth-order valence-electron chi connectivity index (χ4n) is 4.97. The first-order chi connectivity index (χ1) is 17.6. The van der Waals surface area contributed by atoms with Crippen LogP contribution in [0.3, 0.4) is 0 Å². The molecule has 0 radical (unpaired) electrons. The molecule has 2 aliphatic heterocycles. The summed E-state index contributed by atoms with van der Waals surface area (Å²) >= 11 is 0. The molecule has 1 atom stereocenters. The van der Waals surface area contributed by atoms with E-state index in [1.165, 1.54) is 12.1 Å². The molecule has 0 spiro atoms. The van der Waals surface area contributed by atoms with Crippen molar-refractivity contribution >= 4 is 17.5 Å². The van der Waals surface area contributed by atoms with Gasteiger partial charge in [-0.2, -0.15) is 5.10 Å². The van der Waals surface area contributed by atoms with Gasteiger partial charge in [0.15, 0.2) is 11.5 Å². The molecule has 0 aliphatic carbocycles. The van der Waals surface area contributed by atoms with Crippen LogP contribution in [0, 0.1) is 11.2 Å². The first-order valence-electron chi connectivity index (χ1n) is 12.6. The second-order valence-electron chi connectivity index (χ2n) is 10.3. The van der Waals surface area contributed by atoms with Gasteiger partial charge in [-0.15, -0.1) is 0 Å². The summed E-state index contributed by atoms with van der Waals surface area (Å²) in [4.78, 5) is 28.1. The predicted molar refractivity (Wildman–Crippen MR) is 139 cm³/mol. The molecule has 1 fully saturated rings. The Balaban J connectivity index is 1.45. The molecule has 8 nitrogen and oxygen atoms in total. The van der Waals surface area contributed by atoms with Crippen molar-refractivity contribution in [2.75, 3.05) is 27.3 Å². The number of carbonyl (C=O) groups excluding carboxylic acids is 2. The van der Waals surface area contributed by atoms with Crippen LogP contribution >= 0.6 is 0 Å². The van der Waals surface area contributed by atoms with Crippen LogP contribution < -0.4 is 15.2 Å². The molecule has 2 heterocycles. The number of methoxy groups -OCH3 is 2. The number of carbonyl (C=O) groups is 2. The number of ether oxygens (including phenoxy) is 2. The average Bonchev–Trinajstić information content (AvgIpc) is 2.90. The minimum atomic E-state index is -0.702. The predicted octanol–water partition coefficient (Wildman–Crippen LogP) is 3.37. The lowest BCUT2D eigenvalue weighted by atomic mass is 9.82. The third-order valence-corrected chi connectivity index (χ3v) is 7.15. The summed E-state index contributed by atoms with van der Waals surface area (Å²) < 4.78 is 24.0. The number of rotatable bonds is 7. The summed E-state index contributed by atoms with van der Waals surface area (Å²) in [5.74, 6) is 0.757. The lowest BCUT2D eigenvalue weighted by molar-refractivity contribution is -0.145. The van der Waals surface area contributed by atoms with E-state index in [2.05, 4.69) is 0 Å². The van der Waals surface area contributed by atoms with Gasteiger partial charge in [0.25, 0.3) is 0 Å². The van der Waals surface area contributed by atoms with Crippen molar-refractivity contribution in [3.05, 3.63) is 59.4 Å². The number of hydrogen-bond donors (Lipinski definition) is 1. The number of halogens is 1. The Labute approximate surface area is 217 Å². The van der Waals surface area contributed by atoms with Gasteiger partial charge < -0.3 is 20.1 Å². The fraction of sp³-hybridized carbons (Fsp3) is 0.464. The Kier molecular flexibility index (Phi) is 7.82. The Morgan fingerprint density at radius 3 is 2.38 bits per heavy atom. The highest BCUT2D eigenvalue weighted by molar-refractivity contribution is 6.06. The van der Waals surface area contributed by atoms with Crippen LogP contribution in [0.15, 0.2) is 47.6 Å². The van der Waals surface area contributed by atoms with Crippen molar-refractivity contribution in [1.82, 2.24) is 9.91 Å². The van der Waals surface area contributed by atoms with Crippen LogP contribution in [-0.4, -0.2) is 66.8 Å². The van der Waals surface area contributed by atoms with E-state index in [1.54, 1.807) is 36.3 Å². The van der Waals surface area contributed by atoms with Crippen LogP contribution in [-0.2, 0) is 16.0 Å². The number of nitrogens with zero attached hydrogens (tertiary/aromatic N) is 3.